The van der Waals surface area contributed by atoms with Gasteiger partial charge in [-0.25, -0.2) is 8.42 Å². The predicted molar refractivity (Wildman–Crippen MR) is 72.6 cm³/mol. The summed E-state index contributed by atoms with van der Waals surface area (Å²) >= 11 is 6.93. The maximum atomic E-state index is 11.7. The smallest absolute Gasteiger partial charge is 0.153 e. The maximum Gasteiger partial charge on any atom is 0.153 e. The first-order valence-electron chi connectivity index (χ1n) is 5.58. The van der Waals surface area contributed by atoms with Crippen LogP contribution < -0.4 is 0 Å². The van der Waals surface area contributed by atoms with E-state index in [1.54, 1.807) is 11.8 Å². The first-order valence-corrected chi connectivity index (χ1v) is 8.62. The van der Waals surface area contributed by atoms with Crippen molar-refractivity contribution in [1.82, 2.24) is 4.90 Å². The van der Waals surface area contributed by atoms with E-state index in [2.05, 4.69) is 11.8 Å². The van der Waals surface area contributed by atoms with Crippen molar-refractivity contribution < 1.29 is 8.42 Å². The van der Waals surface area contributed by atoms with Gasteiger partial charge in [0.25, 0.3) is 0 Å². The number of nitrogens with zero attached hydrogens (tertiary/aromatic N) is 1. The van der Waals surface area contributed by atoms with Crippen molar-refractivity contribution in [2.45, 2.75) is 37.5 Å². The van der Waals surface area contributed by atoms with Crippen LogP contribution in [0.15, 0.2) is 0 Å². The molecule has 0 amide bonds. The fourth-order valence-corrected chi connectivity index (χ4v) is 7.45. The Morgan fingerprint density at radius 2 is 2.31 bits per heavy atom. The number of hydrogen-bond acceptors (Lipinski definition) is 4. The van der Waals surface area contributed by atoms with Crippen LogP contribution in [-0.2, 0) is 9.84 Å². The molecule has 16 heavy (non-hydrogen) atoms. The molecule has 2 saturated heterocycles. The molecule has 0 spiro atoms. The van der Waals surface area contributed by atoms with E-state index in [0.717, 1.165) is 23.7 Å². The number of hydrogen-bond donors (Lipinski definition) is 0. The number of sulfone groups is 1. The molecular weight excluding hydrogens is 262 g/mol. The maximum absolute atomic E-state index is 11.7. The van der Waals surface area contributed by atoms with Gasteiger partial charge in [-0.15, -0.1) is 0 Å². The van der Waals surface area contributed by atoms with E-state index in [1.807, 2.05) is 6.92 Å². The number of fused-ring (bicyclic) bond motifs is 1. The molecule has 92 valence electrons. The molecular formula is C10H17NO2S3. The van der Waals surface area contributed by atoms with Crippen LogP contribution in [-0.4, -0.2) is 46.5 Å². The number of unbranched alkanes of at least 4 members (excludes halogenated alkanes) is 1. The van der Waals surface area contributed by atoms with Crippen molar-refractivity contribution in [2.24, 2.45) is 0 Å². The SMILES string of the molecule is CCCCN1C(=S)S[C@]2(C)CS(=O)(=O)C[C@H]12. The first-order chi connectivity index (χ1) is 7.38. The summed E-state index contributed by atoms with van der Waals surface area (Å²) in [6.07, 6.45) is 2.19. The van der Waals surface area contributed by atoms with Crippen molar-refractivity contribution >= 4 is 38.1 Å². The topological polar surface area (TPSA) is 37.4 Å². The van der Waals surface area contributed by atoms with Gasteiger partial charge in [-0.2, -0.15) is 0 Å². The average Bonchev–Trinajstić information content (AvgIpc) is 2.47. The van der Waals surface area contributed by atoms with Crippen LogP contribution in [0.5, 0.6) is 0 Å². The van der Waals surface area contributed by atoms with Gasteiger partial charge < -0.3 is 4.90 Å². The normalized spacial score (nSPS) is 36.8. The molecule has 0 bridgehead atoms. The Kier molecular flexibility index (Phi) is 3.27. The van der Waals surface area contributed by atoms with Gasteiger partial charge in [0.1, 0.15) is 4.32 Å². The van der Waals surface area contributed by atoms with E-state index in [9.17, 15) is 8.42 Å². The molecule has 2 atom stereocenters. The van der Waals surface area contributed by atoms with Crippen LogP contribution in [0.4, 0.5) is 0 Å². The van der Waals surface area contributed by atoms with Gasteiger partial charge in [0.2, 0.25) is 0 Å². The third kappa shape index (κ3) is 2.11. The lowest BCUT2D eigenvalue weighted by atomic mass is 10.0. The lowest BCUT2D eigenvalue weighted by Gasteiger charge is -2.26. The highest BCUT2D eigenvalue weighted by atomic mass is 32.2. The Balaban J connectivity index is 2.20. The summed E-state index contributed by atoms with van der Waals surface area (Å²) in [5, 5.41) is 0. The first kappa shape index (κ1) is 12.6. The third-order valence-electron chi connectivity index (χ3n) is 3.31. The van der Waals surface area contributed by atoms with Crippen LogP contribution in [0, 0.1) is 0 Å². The monoisotopic (exact) mass is 279 g/mol. The number of thioether (sulfide) groups is 1. The predicted octanol–water partition coefficient (Wildman–Crippen LogP) is 1.68. The molecule has 0 aliphatic carbocycles. The lowest BCUT2D eigenvalue weighted by Crippen LogP contribution is -2.41. The average molecular weight is 279 g/mol. The van der Waals surface area contributed by atoms with E-state index in [1.165, 1.54) is 0 Å². The minimum absolute atomic E-state index is 0.0987. The van der Waals surface area contributed by atoms with Crippen molar-refractivity contribution in [2.75, 3.05) is 18.1 Å². The van der Waals surface area contributed by atoms with E-state index < -0.39 is 9.84 Å². The molecule has 2 fully saturated rings. The molecule has 0 saturated carbocycles. The molecule has 6 heteroatoms. The second-order valence-electron chi connectivity index (χ2n) is 4.80. The van der Waals surface area contributed by atoms with Gasteiger partial charge in [-0.3, -0.25) is 0 Å². The molecule has 0 aromatic rings. The summed E-state index contributed by atoms with van der Waals surface area (Å²) in [5.74, 6) is 0.554. The van der Waals surface area contributed by atoms with Crippen molar-refractivity contribution in [3.05, 3.63) is 0 Å². The van der Waals surface area contributed by atoms with Gasteiger partial charge in [0, 0.05) is 6.54 Å². The molecule has 3 nitrogen and oxygen atoms in total. The molecule has 2 aliphatic heterocycles. The molecule has 2 heterocycles. The van der Waals surface area contributed by atoms with Gasteiger partial charge >= 0.3 is 0 Å². The summed E-state index contributed by atoms with van der Waals surface area (Å²) in [6, 6.07) is 0.0987. The Morgan fingerprint density at radius 3 is 2.94 bits per heavy atom. The van der Waals surface area contributed by atoms with Crippen molar-refractivity contribution in [1.29, 1.82) is 0 Å². The fraction of sp³-hybridized carbons (Fsp3) is 0.900. The molecule has 0 N–H and O–H groups in total. The Labute approximate surface area is 107 Å². The van der Waals surface area contributed by atoms with Crippen LogP contribution in [0.3, 0.4) is 0 Å². The lowest BCUT2D eigenvalue weighted by molar-refractivity contribution is 0.320. The van der Waals surface area contributed by atoms with E-state index in [0.29, 0.717) is 0 Å². The molecule has 2 rings (SSSR count). The van der Waals surface area contributed by atoms with Gasteiger partial charge in [0.05, 0.1) is 22.3 Å². The number of rotatable bonds is 3. The molecule has 0 radical (unpaired) electrons. The Bertz CT molecular complexity index is 406. The fourth-order valence-electron chi connectivity index (χ4n) is 2.49. The van der Waals surface area contributed by atoms with Crippen LogP contribution in [0.1, 0.15) is 26.7 Å². The molecule has 0 aromatic heterocycles. The minimum Gasteiger partial charge on any atom is -0.352 e. The summed E-state index contributed by atoms with van der Waals surface area (Å²) < 4.78 is 24.1. The second-order valence-corrected chi connectivity index (χ2v) is 9.08. The Morgan fingerprint density at radius 1 is 1.62 bits per heavy atom. The summed E-state index contributed by atoms with van der Waals surface area (Å²) in [7, 11) is -2.87. The summed E-state index contributed by atoms with van der Waals surface area (Å²) in [4.78, 5) is 2.13. The highest BCUT2D eigenvalue weighted by Crippen LogP contribution is 2.47. The number of thiocarbonyl (C=S) groups is 1. The highest BCUT2D eigenvalue weighted by Gasteiger charge is 2.56. The minimum atomic E-state index is -2.87. The van der Waals surface area contributed by atoms with Crippen molar-refractivity contribution in [3.8, 4) is 0 Å². The van der Waals surface area contributed by atoms with Gasteiger partial charge in [-0.1, -0.05) is 37.3 Å². The largest absolute Gasteiger partial charge is 0.352 e. The zero-order chi connectivity index (χ0) is 12.0. The van der Waals surface area contributed by atoms with Crippen LogP contribution >= 0.6 is 24.0 Å². The molecule has 0 aromatic carbocycles. The summed E-state index contributed by atoms with van der Waals surface area (Å²) in [6.45, 7) is 5.07. The van der Waals surface area contributed by atoms with Crippen molar-refractivity contribution in [3.63, 3.8) is 0 Å². The van der Waals surface area contributed by atoms with Crippen LogP contribution in [0.25, 0.3) is 0 Å². The zero-order valence-corrected chi connectivity index (χ0v) is 12.1. The van der Waals surface area contributed by atoms with Crippen LogP contribution in [0.2, 0.25) is 0 Å². The second kappa shape index (κ2) is 4.14. The third-order valence-corrected chi connectivity index (χ3v) is 7.13. The standard InChI is InChI=1S/C10H17NO2S3/c1-3-4-5-11-8-6-16(12,13)7-10(8,2)15-9(11)14/h8H,3-7H2,1-2H3/t8-,10+/m0/s1. The van der Waals surface area contributed by atoms with E-state index in [4.69, 9.17) is 12.2 Å². The van der Waals surface area contributed by atoms with E-state index >= 15 is 0 Å². The molecule has 0 unspecified atom stereocenters. The Hall–Kier alpha value is 0.190. The quantitative estimate of drug-likeness (QED) is 0.735. The molecule has 2 aliphatic rings. The van der Waals surface area contributed by atoms with E-state index in [-0.39, 0.29) is 22.3 Å². The summed E-state index contributed by atoms with van der Waals surface area (Å²) in [5.41, 5.74) is 0. The van der Waals surface area contributed by atoms with Gasteiger partial charge in [0.15, 0.2) is 9.84 Å². The zero-order valence-electron chi connectivity index (χ0n) is 9.60. The van der Waals surface area contributed by atoms with Gasteiger partial charge in [-0.05, 0) is 13.3 Å². The highest BCUT2D eigenvalue weighted by molar-refractivity contribution is 8.24.